The number of hydrogen-bond donors (Lipinski definition) is 1. The van der Waals surface area contributed by atoms with Crippen molar-refractivity contribution in [3.63, 3.8) is 0 Å². The van der Waals surface area contributed by atoms with E-state index in [1.54, 1.807) is 0 Å². The molecular formula is C12H20NO3S-. The number of nitrogens with one attached hydrogen (secondary N) is 1. The molecule has 0 aromatic rings. The maximum Gasteiger partial charge on any atom is 0.0958 e. The van der Waals surface area contributed by atoms with E-state index < -0.39 is 10.1 Å². The summed E-state index contributed by atoms with van der Waals surface area (Å²) in [6.07, 6.45) is 7.70. The van der Waals surface area contributed by atoms with Crippen LogP contribution in [0.25, 0.3) is 0 Å². The van der Waals surface area contributed by atoms with E-state index >= 15 is 0 Å². The van der Waals surface area contributed by atoms with Gasteiger partial charge in [-0.25, -0.2) is 8.42 Å². The Morgan fingerprint density at radius 2 is 1.53 bits per heavy atom. The van der Waals surface area contributed by atoms with Gasteiger partial charge in [0.15, 0.2) is 0 Å². The first kappa shape index (κ1) is 11.9. The lowest BCUT2D eigenvalue weighted by molar-refractivity contribution is -0.0186. The van der Waals surface area contributed by atoms with Gasteiger partial charge in [-0.3, -0.25) is 0 Å². The van der Waals surface area contributed by atoms with E-state index in [-0.39, 0.29) is 11.3 Å². The minimum atomic E-state index is -4.07. The lowest BCUT2D eigenvalue weighted by Gasteiger charge is -2.57. The summed E-state index contributed by atoms with van der Waals surface area (Å²) in [5.41, 5.74) is 0.166. The van der Waals surface area contributed by atoms with Crippen LogP contribution in [-0.4, -0.2) is 30.8 Å². The Hall–Kier alpha value is -0.130. The van der Waals surface area contributed by atoms with Gasteiger partial charge in [0.1, 0.15) is 0 Å². The van der Waals surface area contributed by atoms with Crippen molar-refractivity contribution in [2.75, 3.05) is 12.3 Å². The van der Waals surface area contributed by atoms with Gasteiger partial charge in [0.2, 0.25) is 0 Å². The highest BCUT2D eigenvalue weighted by molar-refractivity contribution is 7.85. The van der Waals surface area contributed by atoms with Crippen LogP contribution < -0.4 is 5.32 Å². The van der Waals surface area contributed by atoms with E-state index in [1.807, 2.05) is 0 Å². The van der Waals surface area contributed by atoms with Crippen LogP contribution in [0.4, 0.5) is 0 Å². The molecule has 0 aromatic carbocycles. The van der Waals surface area contributed by atoms with Crippen molar-refractivity contribution >= 4 is 10.1 Å². The van der Waals surface area contributed by atoms with Gasteiger partial charge in [-0.1, -0.05) is 0 Å². The Kier molecular flexibility index (Phi) is 2.76. The highest BCUT2D eigenvalue weighted by atomic mass is 32.2. The molecule has 4 bridgehead atoms. The predicted molar refractivity (Wildman–Crippen MR) is 63.5 cm³/mol. The van der Waals surface area contributed by atoms with Crippen LogP contribution >= 0.6 is 0 Å². The van der Waals surface area contributed by atoms with Crippen LogP contribution in [0.3, 0.4) is 0 Å². The molecule has 4 nitrogen and oxygen atoms in total. The van der Waals surface area contributed by atoms with E-state index in [0.717, 1.165) is 17.8 Å². The van der Waals surface area contributed by atoms with Crippen molar-refractivity contribution in [1.29, 1.82) is 0 Å². The lowest BCUT2D eigenvalue weighted by atomic mass is 9.53. The summed E-state index contributed by atoms with van der Waals surface area (Å²) in [6.45, 7) is 0.331. The SMILES string of the molecule is O=S(=O)([O-])CCNC12CC3CC(CC(C3)C1)C2. The van der Waals surface area contributed by atoms with Gasteiger partial charge >= 0.3 is 0 Å². The molecule has 1 N–H and O–H groups in total. The zero-order valence-corrected chi connectivity index (χ0v) is 10.8. The van der Waals surface area contributed by atoms with Crippen LogP contribution in [0.2, 0.25) is 0 Å². The molecule has 4 fully saturated rings. The van der Waals surface area contributed by atoms with Crippen molar-refractivity contribution in [2.45, 2.75) is 44.1 Å². The lowest BCUT2D eigenvalue weighted by Crippen LogP contribution is -2.59. The van der Waals surface area contributed by atoms with Crippen molar-refractivity contribution in [3.8, 4) is 0 Å². The largest absolute Gasteiger partial charge is 0.748 e. The topological polar surface area (TPSA) is 69.2 Å². The maximum absolute atomic E-state index is 10.6. The molecule has 0 saturated heterocycles. The number of rotatable bonds is 4. The highest BCUT2D eigenvalue weighted by Gasteiger charge is 2.50. The predicted octanol–water partition coefficient (Wildman–Crippen LogP) is 1.09. The van der Waals surface area contributed by atoms with Crippen molar-refractivity contribution < 1.29 is 13.0 Å². The summed E-state index contributed by atoms with van der Waals surface area (Å²) in [5.74, 6) is 2.27. The van der Waals surface area contributed by atoms with Crippen molar-refractivity contribution in [2.24, 2.45) is 17.8 Å². The molecule has 0 atom stereocenters. The second-order valence-electron chi connectivity index (χ2n) is 6.39. The Morgan fingerprint density at radius 1 is 1.06 bits per heavy atom. The second kappa shape index (κ2) is 3.93. The summed E-state index contributed by atoms with van der Waals surface area (Å²) in [5, 5.41) is 3.40. The number of hydrogen-bond acceptors (Lipinski definition) is 4. The smallest absolute Gasteiger partial charge is 0.0958 e. The molecule has 0 aromatic heterocycles. The van der Waals surface area contributed by atoms with Crippen LogP contribution in [-0.2, 0) is 10.1 Å². The molecule has 0 radical (unpaired) electrons. The molecule has 0 unspecified atom stereocenters. The summed E-state index contributed by atoms with van der Waals surface area (Å²) in [6, 6.07) is 0. The van der Waals surface area contributed by atoms with Gasteiger partial charge in [0.05, 0.1) is 15.9 Å². The van der Waals surface area contributed by atoms with Crippen molar-refractivity contribution in [1.82, 2.24) is 5.32 Å². The highest BCUT2D eigenvalue weighted by Crippen LogP contribution is 2.55. The van der Waals surface area contributed by atoms with E-state index in [2.05, 4.69) is 5.32 Å². The van der Waals surface area contributed by atoms with Gasteiger partial charge in [0, 0.05) is 12.1 Å². The second-order valence-corrected chi connectivity index (χ2v) is 7.91. The van der Waals surface area contributed by atoms with Gasteiger partial charge in [-0.05, 0) is 56.3 Å². The third-order valence-corrected chi connectivity index (χ3v) is 5.59. The molecule has 5 heteroatoms. The third-order valence-electron chi connectivity index (χ3n) is 4.89. The zero-order chi connectivity index (χ0) is 12.1. The minimum absolute atomic E-state index is 0.166. The summed E-state index contributed by atoms with van der Waals surface area (Å²) in [4.78, 5) is 0. The molecule has 4 saturated carbocycles. The van der Waals surface area contributed by atoms with E-state index in [9.17, 15) is 13.0 Å². The Labute approximate surface area is 103 Å². The molecule has 4 rings (SSSR count). The fraction of sp³-hybridized carbons (Fsp3) is 1.00. The fourth-order valence-corrected chi connectivity index (χ4v) is 5.12. The van der Waals surface area contributed by atoms with E-state index in [0.29, 0.717) is 6.54 Å². The van der Waals surface area contributed by atoms with Crippen LogP contribution in [0.5, 0.6) is 0 Å². The molecule has 0 spiro atoms. The average Bonchev–Trinajstić information content (AvgIpc) is 2.11. The first-order valence-electron chi connectivity index (χ1n) is 6.63. The van der Waals surface area contributed by atoms with Gasteiger partial charge < -0.3 is 9.87 Å². The monoisotopic (exact) mass is 258 g/mol. The summed E-state index contributed by atoms with van der Waals surface area (Å²) >= 11 is 0. The van der Waals surface area contributed by atoms with E-state index in [1.165, 1.54) is 38.5 Å². The van der Waals surface area contributed by atoms with Gasteiger partial charge in [0.25, 0.3) is 0 Å². The normalized spacial score (nSPS) is 44.2. The molecular weight excluding hydrogens is 238 g/mol. The molecule has 4 aliphatic carbocycles. The molecule has 98 valence electrons. The molecule has 4 aliphatic rings. The van der Waals surface area contributed by atoms with Gasteiger partial charge in [-0.2, -0.15) is 0 Å². The summed E-state index contributed by atoms with van der Waals surface area (Å²) < 4.78 is 31.9. The van der Waals surface area contributed by atoms with Crippen molar-refractivity contribution in [3.05, 3.63) is 0 Å². The third kappa shape index (κ3) is 2.51. The quantitative estimate of drug-likeness (QED) is 0.766. The standard InChI is InChI=1S/C12H21NO3S/c14-17(15,16)2-1-13-12-6-9-3-10(7-12)5-11(4-9)8-12/h9-11,13H,1-8H2,(H,14,15,16)/p-1. The molecule has 17 heavy (non-hydrogen) atoms. The molecule has 0 amide bonds. The average molecular weight is 258 g/mol. The molecule has 0 heterocycles. The Morgan fingerprint density at radius 3 is 1.94 bits per heavy atom. The first-order valence-corrected chi connectivity index (χ1v) is 8.20. The summed E-state index contributed by atoms with van der Waals surface area (Å²) in [7, 11) is -4.07. The van der Waals surface area contributed by atoms with Crippen LogP contribution in [0.1, 0.15) is 38.5 Å². The van der Waals surface area contributed by atoms with Gasteiger partial charge in [-0.15, -0.1) is 0 Å². The Bertz CT molecular complexity index is 369. The molecule has 0 aliphatic heterocycles. The Balaban J connectivity index is 1.62. The zero-order valence-electron chi connectivity index (χ0n) is 10.0. The minimum Gasteiger partial charge on any atom is -0.748 e. The van der Waals surface area contributed by atoms with Crippen LogP contribution in [0, 0.1) is 17.8 Å². The maximum atomic E-state index is 10.6. The van der Waals surface area contributed by atoms with Crippen LogP contribution in [0.15, 0.2) is 0 Å². The fourth-order valence-electron chi connectivity index (χ4n) is 4.77. The first-order chi connectivity index (χ1) is 7.94. The van der Waals surface area contributed by atoms with E-state index in [4.69, 9.17) is 0 Å².